The largest absolute Gasteiger partial charge is 0.490 e. The van der Waals surface area contributed by atoms with Crippen LogP contribution in [0, 0.1) is 11.3 Å². The number of carboxylic acid groups (broad SMARTS) is 1. The standard InChI is InChI=1S/C20H14BrN3O3/c1-2-11-27-14-9-7-13(8-10-14)19-15(12-22)18(20(25)26)23-24(19)17-6-4-3-5-16(17)21/h2-10H,1,11H2,(H,25,26). The molecule has 6 nitrogen and oxygen atoms in total. The Kier molecular flexibility index (Phi) is 5.38. The monoisotopic (exact) mass is 423 g/mol. The first-order chi connectivity index (χ1) is 13.1. The van der Waals surface area contributed by atoms with Gasteiger partial charge in [0.1, 0.15) is 24.0 Å². The third-order valence-electron chi connectivity index (χ3n) is 3.78. The van der Waals surface area contributed by atoms with Gasteiger partial charge in [-0.3, -0.25) is 0 Å². The molecule has 2 aromatic carbocycles. The highest BCUT2D eigenvalue weighted by Crippen LogP contribution is 2.32. The summed E-state index contributed by atoms with van der Waals surface area (Å²) in [6.45, 7) is 3.98. The number of aromatic carboxylic acids is 1. The second kappa shape index (κ2) is 7.89. The third-order valence-corrected chi connectivity index (χ3v) is 4.45. The second-order valence-corrected chi connectivity index (χ2v) is 6.33. The summed E-state index contributed by atoms with van der Waals surface area (Å²) in [5, 5.41) is 23.2. The van der Waals surface area contributed by atoms with Crippen molar-refractivity contribution in [1.82, 2.24) is 9.78 Å². The molecule has 1 aromatic heterocycles. The molecule has 1 N–H and O–H groups in total. The molecule has 0 saturated carbocycles. The number of para-hydroxylation sites is 1. The minimum atomic E-state index is -1.26. The van der Waals surface area contributed by atoms with Crippen LogP contribution in [0.2, 0.25) is 0 Å². The SMILES string of the molecule is C=CCOc1ccc(-c2c(C#N)c(C(=O)O)nn2-c2ccccc2Br)cc1. The molecule has 27 heavy (non-hydrogen) atoms. The number of rotatable bonds is 6. The lowest BCUT2D eigenvalue weighted by atomic mass is 10.1. The van der Waals surface area contributed by atoms with Crippen molar-refractivity contribution in [1.29, 1.82) is 5.26 Å². The maximum Gasteiger partial charge on any atom is 0.357 e. The van der Waals surface area contributed by atoms with Gasteiger partial charge in [0.2, 0.25) is 0 Å². The minimum Gasteiger partial charge on any atom is -0.490 e. The molecular formula is C20H14BrN3O3. The van der Waals surface area contributed by atoms with Crippen LogP contribution in [0.5, 0.6) is 5.75 Å². The van der Waals surface area contributed by atoms with Crippen molar-refractivity contribution in [3.05, 3.63) is 76.9 Å². The Morgan fingerprint density at radius 1 is 1.30 bits per heavy atom. The fourth-order valence-corrected chi connectivity index (χ4v) is 3.06. The molecule has 134 valence electrons. The summed E-state index contributed by atoms with van der Waals surface area (Å²) >= 11 is 3.45. The van der Waals surface area contributed by atoms with E-state index in [0.29, 0.717) is 29.3 Å². The molecule has 7 heteroatoms. The fraction of sp³-hybridized carbons (Fsp3) is 0.0500. The van der Waals surface area contributed by atoms with Crippen LogP contribution in [0.3, 0.4) is 0 Å². The van der Waals surface area contributed by atoms with E-state index in [1.54, 1.807) is 36.4 Å². The van der Waals surface area contributed by atoms with Crippen LogP contribution in [0.25, 0.3) is 16.9 Å². The average Bonchev–Trinajstić information content (AvgIpc) is 3.07. The molecule has 0 saturated heterocycles. The van der Waals surface area contributed by atoms with Gasteiger partial charge in [-0.15, -0.1) is 0 Å². The Morgan fingerprint density at radius 3 is 2.59 bits per heavy atom. The van der Waals surface area contributed by atoms with E-state index in [0.717, 1.165) is 4.47 Å². The van der Waals surface area contributed by atoms with E-state index in [1.165, 1.54) is 4.68 Å². The quantitative estimate of drug-likeness (QED) is 0.592. The number of carboxylic acids is 1. The molecule has 0 bridgehead atoms. The Bertz CT molecular complexity index is 1050. The first kappa shape index (κ1) is 18.4. The number of carbonyl (C=O) groups is 1. The summed E-state index contributed by atoms with van der Waals surface area (Å²) < 4.78 is 7.66. The lowest BCUT2D eigenvalue weighted by molar-refractivity contribution is 0.0689. The highest BCUT2D eigenvalue weighted by Gasteiger charge is 2.25. The molecule has 0 aliphatic carbocycles. The molecular weight excluding hydrogens is 410 g/mol. The topological polar surface area (TPSA) is 88.1 Å². The molecule has 3 aromatic rings. The Balaban J connectivity index is 2.21. The van der Waals surface area contributed by atoms with Gasteiger partial charge in [-0.25, -0.2) is 9.48 Å². The van der Waals surface area contributed by atoms with Crippen LogP contribution >= 0.6 is 15.9 Å². The van der Waals surface area contributed by atoms with Gasteiger partial charge in [0.15, 0.2) is 5.69 Å². The number of hydrogen-bond acceptors (Lipinski definition) is 4. The first-order valence-electron chi connectivity index (χ1n) is 7.92. The van der Waals surface area contributed by atoms with Gasteiger partial charge in [0.05, 0.1) is 11.4 Å². The van der Waals surface area contributed by atoms with E-state index in [9.17, 15) is 15.2 Å². The van der Waals surface area contributed by atoms with E-state index in [2.05, 4.69) is 27.6 Å². The van der Waals surface area contributed by atoms with Crippen molar-refractivity contribution < 1.29 is 14.6 Å². The maximum absolute atomic E-state index is 11.6. The van der Waals surface area contributed by atoms with Gasteiger partial charge in [0.25, 0.3) is 0 Å². The van der Waals surface area contributed by atoms with Crippen LogP contribution in [0.1, 0.15) is 16.1 Å². The number of hydrogen-bond donors (Lipinski definition) is 1. The zero-order chi connectivity index (χ0) is 19.4. The van der Waals surface area contributed by atoms with Gasteiger partial charge >= 0.3 is 5.97 Å². The summed E-state index contributed by atoms with van der Waals surface area (Å²) in [7, 11) is 0. The van der Waals surface area contributed by atoms with Crippen molar-refractivity contribution in [2.24, 2.45) is 0 Å². The highest BCUT2D eigenvalue weighted by molar-refractivity contribution is 9.10. The van der Waals surface area contributed by atoms with Crippen LogP contribution in [-0.4, -0.2) is 27.5 Å². The third kappa shape index (κ3) is 3.61. The number of aromatic nitrogens is 2. The molecule has 0 aliphatic rings. The van der Waals surface area contributed by atoms with Crippen molar-refractivity contribution >= 4 is 21.9 Å². The number of nitrogens with zero attached hydrogens (tertiary/aromatic N) is 3. The molecule has 3 rings (SSSR count). The summed E-state index contributed by atoms with van der Waals surface area (Å²) in [5.41, 5.74) is 1.38. The van der Waals surface area contributed by atoms with Gasteiger partial charge in [-0.2, -0.15) is 10.4 Å². The predicted octanol–water partition coefficient (Wildman–Crippen LogP) is 4.44. The summed E-state index contributed by atoms with van der Waals surface area (Å²) in [4.78, 5) is 11.6. The molecule has 0 aliphatic heterocycles. The predicted molar refractivity (Wildman–Crippen MR) is 104 cm³/mol. The molecule has 1 heterocycles. The van der Waals surface area contributed by atoms with Gasteiger partial charge in [-0.05, 0) is 52.3 Å². The van der Waals surface area contributed by atoms with Crippen LogP contribution < -0.4 is 4.74 Å². The van der Waals surface area contributed by atoms with Gasteiger partial charge < -0.3 is 9.84 Å². The molecule has 0 fully saturated rings. The van der Waals surface area contributed by atoms with Crippen molar-refractivity contribution in [2.75, 3.05) is 6.61 Å². The second-order valence-electron chi connectivity index (χ2n) is 5.48. The molecule has 0 spiro atoms. The van der Waals surface area contributed by atoms with Crippen molar-refractivity contribution in [3.63, 3.8) is 0 Å². The minimum absolute atomic E-state index is 0.00184. The lowest BCUT2D eigenvalue weighted by Crippen LogP contribution is -2.03. The summed E-state index contributed by atoms with van der Waals surface area (Å²) in [5.74, 6) is -0.618. The van der Waals surface area contributed by atoms with Gasteiger partial charge in [0, 0.05) is 10.0 Å². The smallest absolute Gasteiger partial charge is 0.357 e. The molecule has 0 unspecified atom stereocenters. The Labute approximate surface area is 164 Å². The van der Waals surface area contributed by atoms with Gasteiger partial charge in [-0.1, -0.05) is 24.8 Å². The Hall–Kier alpha value is -3.37. The lowest BCUT2D eigenvalue weighted by Gasteiger charge is -2.10. The van der Waals surface area contributed by atoms with Crippen LogP contribution in [-0.2, 0) is 0 Å². The summed E-state index contributed by atoms with van der Waals surface area (Å²) in [6, 6.07) is 16.2. The van der Waals surface area contributed by atoms with Crippen LogP contribution in [0.4, 0.5) is 0 Å². The van der Waals surface area contributed by atoms with Crippen molar-refractivity contribution in [2.45, 2.75) is 0 Å². The molecule has 0 radical (unpaired) electrons. The fourth-order valence-electron chi connectivity index (χ4n) is 2.60. The highest BCUT2D eigenvalue weighted by atomic mass is 79.9. The first-order valence-corrected chi connectivity index (χ1v) is 8.71. The normalized spacial score (nSPS) is 10.2. The van der Waals surface area contributed by atoms with E-state index >= 15 is 0 Å². The number of benzene rings is 2. The average molecular weight is 424 g/mol. The number of nitriles is 1. The van der Waals surface area contributed by atoms with Crippen molar-refractivity contribution in [3.8, 4) is 28.8 Å². The summed E-state index contributed by atoms with van der Waals surface area (Å²) in [6.07, 6.45) is 1.64. The van der Waals surface area contributed by atoms with E-state index in [1.807, 2.05) is 24.3 Å². The van der Waals surface area contributed by atoms with E-state index in [-0.39, 0.29) is 11.3 Å². The number of halogens is 1. The molecule has 0 atom stereocenters. The van der Waals surface area contributed by atoms with E-state index < -0.39 is 5.97 Å². The molecule has 0 amide bonds. The maximum atomic E-state index is 11.6. The zero-order valence-corrected chi connectivity index (χ0v) is 15.7. The zero-order valence-electron chi connectivity index (χ0n) is 14.1. The van der Waals surface area contributed by atoms with Crippen LogP contribution in [0.15, 0.2) is 65.7 Å². The Morgan fingerprint density at radius 2 is 2.00 bits per heavy atom. The number of ether oxygens (including phenoxy) is 1. The van der Waals surface area contributed by atoms with E-state index in [4.69, 9.17) is 4.74 Å².